The Kier molecular flexibility index (Phi) is 2.56. The van der Waals surface area contributed by atoms with Crippen LogP contribution in [-0.4, -0.2) is 6.61 Å². The standard InChI is InChI=1S/C14H17NO2/c1-2-16-11-5-6-12-10(7-11)8-13(17-12)14(15)9-3-4-9/h5-9,14H,2-4,15H2,1H3. The zero-order valence-corrected chi connectivity index (χ0v) is 9.98. The summed E-state index contributed by atoms with van der Waals surface area (Å²) < 4.78 is 11.3. The lowest BCUT2D eigenvalue weighted by Gasteiger charge is -2.04. The van der Waals surface area contributed by atoms with Gasteiger partial charge in [-0.2, -0.15) is 0 Å². The van der Waals surface area contributed by atoms with E-state index in [2.05, 4.69) is 0 Å². The quantitative estimate of drug-likeness (QED) is 0.878. The summed E-state index contributed by atoms with van der Waals surface area (Å²) >= 11 is 0. The number of hydrogen-bond donors (Lipinski definition) is 1. The molecule has 1 aromatic carbocycles. The zero-order chi connectivity index (χ0) is 11.8. The van der Waals surface area contributed by atoms with Gasteiger partial charge in [0.25, 0.3) is 0 Å². The van der Waals surface area contributed by atoms with Crippen LogP contribution in [0.4, 0.5) is 0 Å². The minimum absolute atomic E-state index is 0.0537. The van der Waals surface area contributed by atoms with E-state index in [0.29, 0.717) is 12.5 Å². The van der Waals surface area contributed by atoms with Crippen LogP contribution in [0, 0.1) is 5.92 Å². The molecule has 90 valence electrons. The number of ether oxygens (including phenoxy) is 1. The first-order valence-electron chi connectivity index (χ1n) is 6.20. The predicted molar refractivity (Wildman–Crippen MR) is 67.0 cm³/mol. The molecule has 0 saturated heterocycles. The monoisotopic (exact) mass is 231 g/mol. The normalized spacial score (nSPS) is 17.3. The van der Waals surface area contributed by atoms with Crippen molar-refractivity contribution < 1.29 is 9.15 Å². The molecule has 0 radical (unpaired) electrons. The molecule has 3 rings (SSSR count). The van der Waals surface area contributed by atoms with Gasteiger partial charge in [0.15, 0.2) is 0 Å². The molecule has 17 heavy (non-hydrogen) atoms. The first-order valence-corrected chi connectivity index (χ1v) is 6.20. The molecule has 1 saturated carbocycles. The fourth-order valence-corrected chi connectivity index (χ4v) is 2.15. The van der Waals surface area contributed by atoms with Crippen molar-refractivity contribution in [1.82, 2.24) is 0 Å². The fraction of sp³-hybridized carbons (Fsp3) is 0.429. The van der Waals surface area contributed by atoms with Crippen molar-refractivity contribution >= 4 is 11.0 Å². The average Bonchev–Trinajstić information content (AvgIpc) is 3.08. The van der Waals surface area contributed by atoms with Gasteiger partial charge in [0.05, 0.1) is 12.6 Å². The van der Waals surface area contributed by atoms with Gasteiger partial charge in [-0.05, 0) is 49.9 Å². The maximum Gasteiger partial charge on any atom is 0.134 e. The third kappa shape index (κ3) is 2.03. The molecule has 1 fully saturated rings. The van der Waals surface area contributed by atoms with E-state index in [-0.39, 0.29) is 6.04 Å². The molecule has 0 bridgehead atoms. The molecular formula is C14H17NO2. The predicted octanol–water partition coefficient (Wildman–Crippen LogP) is 3.24. The summed E-state index contributed by atoms with van der Waals surface area (Å²) in [5.41, 5.74) is 7.02. The second-order valence-electron chi connectivity index (χ2n) is 4.64. The van der Waals surface area contributed by atoms with Gasteiger partial charge < -0.3 is 14.9 Å². The lowest BCUT2D eigenvalue weighted by molar-refractivity contribution is 0.340. The van der Waals surface area contributed by atoms with Gasteiger partial charge in [0.1, 0.15) is 17.1 Å². The van der Waals surface area contributed by atoms with Crippen molar-refractivity contribution in [3.63, 3.8) is 0 Å². The highest BCUT2D eigenvalue weighted by Gasteiger charge is 2.31. The first-order chi connectivity index (χ1) is 8.28. The Bertz CT molecular complexity index is 528. The SMILES string of the molecule is CCOc1ccc2oc(C(N)C3CC3)cc2c1. The van der Waals surface area contributed by atoms with Crippen molar-refractivity contribution in [1.29, 1.82) is 0 Å². The number of benzene rings is 1. The van der Waals surface area contributed by atoms with E-state index in [1.165, 1.54) is 12.8 Å². The van der Waals surface area contributed by atoms with Crippen LogP contribution in [-0.2, 0) is 0 Å². The molecule has 0 amide bonds. The second kappa shape index (κ2) is 4.08. The maximum absolute atomic E-state index is 6.14. The molecule has 1 aliphatic rings. The molecule has 1 unspecified atom stereocenters. The second-order valence-corrected chi connectivity index (χ2v) is 4.64. The van der Waals surface area contributed by atoms with Crippen LogP contribution < -0.4 is 10.5 Å². The summed E-state index contributed by atoms with van der Waals surface area (Å²) in [4.78, 5) is 0. The summed E-state index contributed by atoms with van der Waals surface area (Å²) in [5, 5.41) is 1.07. The van der Waals surface area contributed by atoms with E-state index < -0.39 is 0 Å². The number of fused-ring (bicyclic) bond motifs is 1. The Morgan fingerprint density at radius 1 is 1.41 bits per heavy atom. The van der Waals surface area contributed by atoms with E-state index in [1.807, 2.05) is 31.2 Å². The average molecular weight is 231 g/mol. The van der Waals surface area contributed by atoms with Gasteiger partial charge in [0, 0.05) is 5.39 Å². The smallest absolute Gasteiger partial charge is 0.134 e. The lowest BCUT2D eigenvalue weighted by atomic mass is 10.1. The molecule has 0 aliphatic heterocycles. The van der Waals surface area contributed by atoms with Crippen LogP contribution in [0.15, 0.2) is 28.7 Å². The third-order valence-electron chi connectivity index (χ3n) is 3.28. The Labute approximate surface area is 101 Å². The van der Waals surface area contributed by atoms with Crippen molar-refractivity contribution in [2.75, 3.05) is 6.61 Å². The summed E-state index contributed by atoms with van der Waals surface area (Å²) in [6.45, 7) is 2.66. The van der Waals surface area contributed by atoms with Crippen LogP contribution in [0.5, 0.6) is 5.75 Å². The molecule has 2 aromatic rings. The minimum atomic E-state index is 0.0537. The fourth-order valence-electron chi connectivity index (χ4n) is 2.15. The molecule has 1 aliphatic carbocycles. The van der Waals surface area contributed by atoms with Crippen LogP contribution >= 0.6 is 0 Å². The topological polar surface area (TPSA) is 48.4 Å². The van der Waals surface area contributed by atoms with E-state index in [4.69, 9.17) is 14.9 Å². The van der Waals surface area contributed by atoms with Crippen molar-refractivity contribution in [2.24, 2.45) is 11.7 Å². The maximum atomic E-state index is 6.14. The zero-order valence-electron chi connectivity index (χ0n) is 9.98. The molecule has 0 spiro atoms. The number of rotatable bonds is 4. The Hall–Kier alpha value is -1.48. The Balaban J connectivity index is 1.94. The Morgan fingerprint density at radius 3 is 2.94 bits per heavy atom. The molecule has 2 N–H and O–H groups in total. The highest BCUT2D eigenvalue weighted by Crippen LogP contribution is 2.41. The third-order valence-corrected chi connectivity index (χ3v) is 3.28. The molecule has 3 heteroatoms. The number of furan rings is 1. The van der Waals surface area contributed by atoms with E-state index in [0.717, 1.165) is 22.5 Å². The lowest BCUT2D eigenvalue weighted by Crippen LogP contribution is -2.10. The van der Waals surface area contributed by atoms with Crippen molar-refractivity contribution in [3.05, 3.63) is 30.0 Å². The molecule has 3 nitrogen and oxygen atoms in total. The van der Waals surface area contributed by atoms with E-state index in [1.54, 1.807) is 0 Å². The molecular weight excluding hydrogens is 214 g/mol. The van der Waals surface area contributed by atoms with Crippen molar-refractivity contribution in [3.8, 4) is 5.75 Å². The minimum Gasteiger partial charge on any atom is -0.494 e. The summed E-state index contributed by atoms with van der Waals surface area (Å²) in [5.74, 6) is 2.39. The van der Waals surface area contributed by atoms with Crippen LogP contribution in [0.3, 0.4) is 0 Å². The highest BCUT2D eigenvalue weighted by atomic mass is 16.5. The van der Waals surface area contributed by atoms with Gasteiger partial charge in [-0.25, -0.2) is 0 Å². The van der Waals surface area contributed by atoms with Gasteiger partial charge in [-0.15, -0.1) is 0 Å². The highest BCUT2D eigenvalue weighted by molar-refractivity contribution is 5.79. The summed E-state index contributed by atoms with van der Waals surface area (Å²) in [6.07, 6.45) is 2.45. The largest absolute Gasteiger partial charge is 0.494 e. The number of nitrogens with two attached hydrogens (primary N) is 1. The summed E-state index contributed by atoms with van der Waals surface area (Å²) in [7, 11) is 0. The Morgan fingerprint density at radius 2 is 2.24 bits per heavy atom. The van der Waals surface area contributed by atoms with E-state index in [9.17, 15) is 0 Å². The molecule has 1 heterocycles. The van der Waals surface area contributed by atoms with Gasteiger partial charge in [-0.3, -0.25) is 0 Å². The van der Waals surface area contributed by atoms with Crippen molar-refractivity contribution in [2.45, 2.75) is 25.8 Å². The van der Waals surface area contributed by atoms with E-state index >= 15 is 0 Å². The first kappa shape index (κ1) is 10.7. The molecule has 1 atom stereocenters. The van der Waals surface area contributed by atoms with Crippen LogP contribution in [0.2, 0.25) is 0 Å². The van der Waals surface area contributed by atoms with Gasteiger partial charge >= 0.3 is 0 Å². The van der Waals surface area contributed by atoms with Crippen LogP contribution in [0.1, 0.15) is 31.6 Å². The summed E-state index contributed by atoms with van der Waals surface area (Å²) in [6, 6.07) is 7.98. The van der Waals surface area contributed by atoms with Gasteiger partial charge in [0.2, 0.25) is 0 Å². The van der Waals surface area contributed by atoms with Crippen LogP contribution in [0.25, 0.3) is 11.0 Å². The number of hydrogen-bond acceptors (Lipinski definition) is 3. The van der Waals surface area contributed by atoms with Gasteiger partial charge in [-0.1, -0.05) is 0 Å². The molecule has 1 aromatic heterocycles.